The normalized spacial score (nSPS) is 14.3. The monoisotopic (exact) mass is 1440 g/mol. The van der Waals surface area contributed by atoms with Crippen LogP contribution in [0.1, 0.15) is 408 Å². The molecule has 98 heavy (non-hydrogen) atoms. The molecular formula is C79H154O17P2. The molecule has 0 aromatic heterocycles. The van der Waals surface area contributed by atoms with Crippen molar-refractivity contribution < 1.29 is 80.2 Å². The SMILES string of the molecule is CCCCCCCCCCC(=O)OC[C@H](COP(=O)(O)OC[C@H](O)COP(=O)(O)OC[C@@H](COC(=O)CCCCCCCCCCCCCCC(C)C)OC(=O)CCCCCCCCCCCCCCCCCCCCC(C)C)OC(=O)CCCCCCCCCCCCC(C)CC. The third-order valence-corrected chi connectivity index (χ3v) is 20.6. The fraction of sp³-hybridized carbons (Fsp3) is 0.949. The van der Waals surface area contributed by atoms with Crippen molar-refractivity contribution in [1.29, 1.82) is 0 Å². The van der Waals surface area contributed by atoms with Crippen LogP contribution in [0.25, 0.3) is 0 Å². The second-order valence-electron chi connectivity index (χ2n) is 29.6. The number of aliphatic hydroxyl groups excluding tert-OH is 1. The Balaban J connectivity index is 5.20. The zero-order valence-electron chi connectivity index (χ0n) is 64.3. The van der Waals surface area contributed by atoms with Gasteiger partial charge in [-0.15, -0.1) is 0 Å². The first-order chi connectivity index (χ1) is 47.3. The molecule has 6 atom stereocenters. The first-order valence-electron chi connectivity index (χ1n) is 40.9. The van der Waals surface area contributed by atoms with Crippen LogP contribution in [0.2, 0.25) is 0 Å². The molecule has 582 valence electrons. The molecule has 0 aliphatic heterocycles. The summed E-state index contributed by atoms with van der Waals surface area (Å²) < 4.78 is 68.6. The Morgan fingerprint density at radius 2 is 0.520 bits per heavy atom. The standard InChI is InChI=1S/C79H154O17P2/c1-8-10-11-12-13-39-46-53-60-76(81)89-66-74(95-79(84)63-56-49-42-35-29-28-32-38-45-52-59-72(7)9-2)68-93-97(85,86)91-64-73(80)65-92-98(87,88)94-69-75(67-90-77(82)61-54-47-40-33-26-23-22-25-31-37-44-51-58-71(5)6)96-78(83)62-55-48-41-34-27-21-19-17-15-14-16-18-20-24-30-36-43-50-57-70(3)4/h70-75,80H,8-69H2,1-7H3,(H,85,86)(H,87,88)/t72?,73-,74+,75+/m0/s1. The van der Waals surface area contributed by atoms with Crippen molar-refractivity contribution >= 4 is 39.5 Å². The average molecular weight is 1440 g/mol. The number of phosphoric acid groups is 2. The van der Waals surface area contributed by atoms with Gasteiger partial charge in [0.1, 0.15) is 19.3 Å². The Bertz CT molecular complexity index is 1910. The third kappa shape index (κ3) is 71.1. The summed E-state index contributed by atoms with van der Waals surface area (Å²) >= 11 is 0. The summed E-state index contributed by atoms with van der Waals surface area (Å²) in [7, 11) is -9.91. The number of rotatable bonds is 77. The second-order valence-corrected chi connectivity index (χ2v) is 32.6. The smallest absolute Gasteiger partial charge is 0.462 e. The Morgan fingerprint density at radius 3 is 0.776 bits per heavy atom. The van der Waals surface area contributed by atoms with Crippen molar-refractivity contribution in [3.63, 3.8) is 0 Å². The lowest BCUT2D eigenvalue weighted by molar-refractivity contribution is -0.161. The van der Waals surface area contributed by atoms with Crippen LogP contribution >= 0.6 is 15.6 Å². The number of phosphoric ester groups is 2. The molecule has 0 aromatic carbocycles. The van der Waals surface area contributed by atoms with Crippen LogP contribution in [-0.4, -0.2) is 96.7 Å². The first kappa shape index (κ1) is 96.1. The lowest BCUT2D eigenvalue weighted by atomic mass is 9.99. The van der Waals surface area contributed by atoms with E-state index in [4.69, 9.17) is 37.0 Å². The van der Waals surface area contributed by atoms with E-state index >= 15 is 0 Å². The molecule has 0 aliphatic carbocycles. The maximum absolute atomic E-state index is 13.1. The van der Waals surface area contributed by atoms with Gasteiger partial charge < -0.3 is 33.8 Å². The summed E-state index contributed by atoms with van der Waals surface area (Å²) in [5, 5.41) is 10.6. The summed E-state index contributed by atoms with van der Waals surface area (Å²) in [5.74, 6) is 0.289. The molecule has 0 aliphatic rings. The van der Waals surface area contributed by atoms with E-state index in [9.17, 15) is 43.2 Å². The fourth-order valence-electron chi connectivity index (χ4n) is 12.1. The molecule has 0 saturated heterocycles. The van der Waals surface area contributed by atoms with Gasteiger partial charge in [-0.25, -0.2) is 9.13 Å². The minimum Gasteiger partial charge on any atom is -0.462 e. The number of unbranched alkanes of at least 4 members (excludes halogenated alkanes) is 44. The van der Waals surface area contributed by atoms with E-state index in [1.165, 1.54) is 212 Å². The van der Waals surface area contributed by atoms with Crippen molar-refractivity contribution in [3.8, 4) is 0 Å². The summed E-state index contributed by atoms with van der Waals surface area (Å²) in [6.07, 6.45) is 56.9. The van der Waals surface area contributed by atoms with Crippen LogP contribution in [0.15, 0.2) is 0 Å². The Hall–Kier alpha value is -1.94. The van der Waals surface area contributed by atoms with Gasteiger partial charge in [0, 0.05) is 25.7 Å². The molecule has 0 heterocycles. The highest BCUT2D eigenvalue weighted by Gasteiger charge is 2.30. The number of hydrogen-bond acceptors (Lipinski definition) is 15. The number of esters is 4. The van der Waals surface area contributed by atoms with E-state index in [2.05, 4.69) is 48.5 Å². The molecule has 0 aromatic rings. The molecule has 0 saturated carbocycles. The fourth-order valence-corrected chi connectivity index (χ4v) is 13.7. The summed E-state index contributed by atoms with van der Waals surface area (Å²) in [6, 6.07) is 0. The highest BCUT2D eigenvalue weighted by molar-refractivity contribution is 7.47. The maximum Gasteiger partial charge on any atom is 0.472 e. The molecule has 19 heteroatoms. The van der Waals surface area contributed by atoms with Crippen LogP contribution in [0.4, 0.5) is 0 Å². The molecular weight excluding hydrogens is 1280 g/mol. The summed E-state index contributed by atoms with van der Waals surface area (Å²) in [5.41, 5.74) is 0. The lowest BCUT2D eigenvalue weighted by Gasteiger charge is -2.21. The van der Waals surface area contributed by atoms with E-state index in [0.717, 1.165) is 114 Å². The van der Waals surface area contributed by atoms with Gasteiger partial charge in [0.05, 0.1) is 26.4 Å². The topological polar surface area (TPSA) is 237 Å². The highest BCUT2D eigenvalue weighted by atomic mass is 31.2. The Kier molecular flexibility index (Phi) is 68.1. The summed E-state index contributed by atoms with van der Waals surface area (Å²) in [6.45, 7) is 12.0. The third-order valence-electron chi connectivity index (χ3n) is 18.7. The number of aliphatic hydroxyl groups is 1. The van der Waals surface area contributed by atoms with Gasteiger partial charge in [0.2, 0.25) is 0 Å². The predicted molar refractivity (Wildman–Crippen MR) is 400 cm³/mol. The van der Waals surface area contributed by atoms with Gasteiger partial charge in [0.25, 0.3) is 0 Å². The van der Waals surface area contributed by atoms with Crippen LogP contribution in [0, 0.1) is 17.8 Å². The quantitative estimate of drug-likeness (QED) is 0.0222. The largest absolute Gasteiger partial charge is 0.472 e. The summed E-state index contributed by atoms with van der Waals surface area (Å²) in [4.78, 5) is 72.8. The van der Waals surface area contributed by atoms with Crippen LogP contribution < -0.4 is 0 Å². The van der Waals surface area contributed by atoms with Crippen LogP contribution in [0.3, 0.4) is 0 Å². The Morgan fingerprint density at radius 1 is 0.296 bits per heavy atom. The molecule has 17 nitrogen and oxygen atoms in total. The average Bonchev–Trinajstić information content (AvgIpc) is 1.08. The van der Waals surface area contributed by atoms with E-state index in [-0.39, 0.29) is 25.7 Å². The highest BCUT2D eigenvalue weighted by Crippen LogP contribution is 2.45. The number of carbonyl (C=O) groups excluding carboxylic acids is 4. The van der Waals surface area contributed by atoms with Crippen molar-refractivity contribution in [2.45, 2.75) is 426 Å². The van der Waals surface area contributed by atoms with Gasteiger partial charge in [0.15, 0.2) is 12.2 Å². The van der Waals surface area contributed by atoms with Gasteiger partial charge in [-0.3, -0.25) is 37.3 Å². The van der Waals surface area contributed by atoms with E-state index < -0.39 is 97.5 Å². The van der Waals surface area contributed by atoms with Crippen molar-refractivity contribution in [2.24, 2.45) is 17.8 Å². The zero-order valence-corrected chi connectivity index (χ0v) is 66.0. The Labute approximate surface area is 600 Å². The van der Waals surface area contributed by atoms with Crippen molar-refractivity contribution in [3.05, 3.63) is 0 Å². The first-order valence-corrected chi connectivity index (χ1v) is 43.9. The van der Waals surface area contributed by atoms with Crippen molar-refractivity contribution in [2.75, 3.05) is 39.6 Å². The zero-order chi connectivity index (χ0) is 72.3. The van der Waals surface area contributed by atoms with Crippen molar-refractivity contribution in [1.82, 2.24) is 0 Å². The van der Waals surface area contributed by atoms with Gasteiger partial charge in [-0.1, -0.05) is 357 Å². The molecule has 0 amide bonds. The van der Waals surface area contributed by atoms with Gasteiger partial charge in [-0.2, -0.15) is 0 Å². The van der Waals surface area contributed by atoms with E-state index in [0.29, 0.717) is 25.7 Å². The molecule has 0 fully saturated rings. The number of ether oxygens (including phenoxy) is 4. The predicted octanol–water partition coefficient (Wildman–Crippen LogP) is 23.4. The molecule has 0 bridgehead atoms. The molecule has 3 N–H and O–H groups in total. The molecule has 0 spiro atoms. The van der Waals surface area contributed by atoms with E-state index in [1.807, 2.05) is 0 Å². The van der Waals surface area contributed by atoms with Crippen LogP contribution in [-0.2, 0) is 65.4 Å². The van der Waals surface area contributed by atoms with Gasteiger partial charge >= 0.3 is 39.5 Å². The van der Waals surface area contributed by atoms with Gasteiger partial charge in [-0.05, 0) is 43.4 Å². The maximum atomic E-state index is 13.1. The minimum atomic E-state index is -4.96. The lowest BCUT2D eigenvalue weighted by Crippen LogP contribution is -2.30. The molecule has 0 rings (SSSR count). The molecule has 3 unspecified atom stereocenters. The van der Waals surface area contributed by atoms with Crippen LogP contribution in [0.5, 0.6) is 0 Å². The minimum absolute atomic E-state index is 0.106. The number of carbonyl (C=O) groups is 4. The van der Waals surface area contributed by atoms with E-state index in [1.54, 1.807) is 0 Å². The molecule has 0 radical (unpaired) electrons. The number of hydrogen-bond donors (Lipinski definition) is 3. The second kappa shape index (κ2) is 69.4.